The largest absolute Gasteiger partial charge is 0.507 e. The topological polar surface area (TPSA) is 110 Å². The molecule has 0 saturated carbocycles. The lowest BCUT2D eigenvalue weighted by Gasteiger charge is -2.28. The van der Waals surface area contributed by atoms with Crippen LogP contribution in [0.4, 0.5) is 0 Å². The molecule has 0 saturated heterocycles. The van der Waals surface area contributed by atoms with Crippen molar-refractivity contribution in [1.82, 2.24) is 0 Å². The molecule has 0 unspecified atom stereocenters. The minimum atomic E-state index is -3.28. The second kappa shape index (κ2) is 17.3. The van der Waals surface area contributed by atoms with Crippen molar-refractivity contribution in [2.24, 2.45) is 0 Å². The third-order valence-corrected chi connectivity index (χ3v) is 10.3. The molecule has 0 atom stereocenters. The zero-order chi connectivity index (χ0) is 41.8. The molecule has 298 valence electrons. The highest BCUT2D eigenvalue weighted by Crippen LogP contribution is 2.42. The van der Waals surface area contributed by atoms with Crippen molar-refractivity contribution in [3.8, 4) is 11.5 Å². The minimum absolute atomic E-state index is 0.237. The van der Waals surface area contributed by atoms with Crippen LogP contribution < -0.4 is 0 Å². The van der Waals surface area contributed by atoms with E-state index in [4.69, 9.17) is 9.05 Å². The van der Waals surface area contributed by atoms with E-state index in [2.05, 4.69) is 0 Å². The van der Waals surface area contributed by atoms with Gasteiger partial charge in [-0.05, 0) is 80.3 Å². The van der Waals surface area contributed by atoms with E-state index in [-0.39, 0.29) is 33.2 Å². The molecule has 0 radical (unpaired) electrons. The van der Waals surface area contributed by atoms with Crippen molar-refractivity contribution < 1.29 is 33.4 Å². The first-order valence-corrected chi connectivity index (χ1v) is 20.3. The van der Waals surface area contributed by atoms with Crippen LogP contribution in [0, 0.1) is 0 Å². The maximum absolute atomic E-state index is 13.8. The molecular formula is C48H59O7P. The lowest BCUT2D eigenvalue weighted by Crippen LogP contribution is -2.17. The van der Waals surface area contributed by atoms with E-state index in [0.717, 1.165) is 33.4 Å². The van der Waals surface area contributed by atoms with Gasteiger partial charge in [-0.3, -0.25) is 14.2 Å². The van der Waals surface area contributed by atoms with Crippen LogP contribution in [-0.2, 0) is 44.9 Å². The number of Topliss-reactive ketones (excluding diaryl/α,β-unsaturated/α-hetero) is 2. The Morgan fingerprint density at radius 1 is 0.518 bits per heavy atom. The van der Waals surface area contributed by atoms with E-state index in [1.807, 2.05) is 168 Å². The summed E-state index contributed by atoms with van der Waals surface area (Å²) < 4.78 is 24.1. The molecule has 0 spiro atoms. The maximum atomic E-state index is 13.8. The number of aromatic hydroxyl groups is 2. The molecule has 56 heavy (non-hydrogen) atoms. The number of carbonyl (C=O) groups excluding carboxylic acids is 2. The van der Waals surface area contributed by atoms with Crippen molar-refractivity contribution in [2.45, 2.75) is 105 Å². The SMILES string of the molecule is CC(C)(C)c1cc(/C=C(/C(=O)CO[PH](=O)OCC(=O)/C(=C/c2cc(C(C)(C)C)c(O)c(C(C)(C)C)c2)c2ccccc2)c2ccccc2)cc(C(C)(C)C)c1O. The van der Waals surface area contributed by atoms with Crippen molar-refractivity contribution in [2.75, 3.05) is 13.2 Å². The summed E-state index contributed by atoms with van der Waals surface area (Å²) in [7, 11) is -3.28. The Kier molecular flexibility index (Phi) is 13.6. The average molecular weight is 779 g/mol. The molecule has 0 aliphatic rings. The highest BCUT2D eigenvalue weighted by Gasteiger charge is 2.28. The molecule has 4 aromatic carbocycles. The molecule has 0 aliphatic carbocycles. The van der Waals surface area contributed by atoms with Gasteiger partial charge in [-0.25, -0.2) is 0 Å². The summed E-state index contributed by atoms with van der Waals surface area (Å²) in [4.78, 5) is 27.6. The van der Waals surface area contributed by atoms with Crippen molar-refractivity contribution in [3.05, 3.63) is 129 Å². The lowest BCUT2D eigenvalue weighted by atomic mass is 9.78. The van der Waals surface area contributed by atoms with Crippen LogP contribution in [0.5, 0.6) is 11.5 Å². The van der Waals surface area contributed by atoms with E-state index in [9.17, 15) is 24.4 Å². The Hall–Kier alpha value is -4.55. The first-order valence-electron chi connectivity index (χ1n) is 19.0. The maximum Gasteiger partial charge on any atom is 0.320 e. The number of hydrogen-bond acceptors (Lipinski definition) is 7. The van der Waals surface area contributed by atoms with Crippen LogP contribution in [0.1, 0.15) is 128 Å². The molecule has 0 aromatic heterocycles. The monoisotopic (exact) mass is 778 g/mol. The van der Waals surface area contributed by atoms with Gasteiger partial charge in [0.2, 0.25) is 0 Å². The number of phenolic OH excluding ortho intramolecular Hbond substituents is 2. The fourth-order valence-corrected chi connectivity index (χ4v) is 7.01. The summed E-state index contributed by atoms with van der Waals surface area (Å²) in [6.07, 6.45) is 3.53. The summed E-state index contributed by atoms with van der Waals surface area (Å²) >= 11 is 0. The van der Waals surface area contributed by atoms with Gasteiger partial charge in [-0.2, -0.15) is 0 Å². The van der Waals surface area contributed by atoms with Gasteiger partial charge in [-0.15, -0.1) is 0 Å². The average Bonchev–Trinajstić information content (AvgIpc) is 3.10. The number of carbonyl (C=O) groups is 2. The van der Waals surface area contributed by atoms with Crippen molar-refractivity contribution in [3.63, 3.8) is 0 Å². The molecule has 0 aliphatic heterocycles. The van der Waals surface area contributed by atoms with E-state index >= 15 is 0 Å². The zero-order valence-corrected chi connectivity index (χ0v) is 36.1. The number of ketones is 2. The molecule has 0 amide bonds. The second-order valence-electron chi connectivity index (χ2n) is 18.5. The number of benzene rings is 4. The number of rotatable bonds is 12. The Morgan fingerprint density at radius 2 is 0.786 bits per heavy atom. The van der Waals surface area contributed by atoms with Gasteiger partial charge in [0, 0.05) is 33.4 Å². The number of phenols is 2. The van der Waals surface area contributed by atoms with Crippen LogP contribution in [-0.4, -0.2) is 35.0 Å². The van der Waals surface area contributed by atoms with Gasteiger partial charge in [0.25, 0.3) is 0 Å². The molecule has 0 bridgehead atoms. The second-order valence-corrected chi connectivity index (χ2v) is 19.5. The molecule has 0 heterocycles. The predicted octanol–water partition coefficient (Wildman–Crippen LogP) is 11.6. The summed E-state index contributed by atoms with van der Waals surface area (Å²) in [6, 6.07) is 25.9. The summed E-state index contributed by atoms with van der Waals surface area (Å²) in [5, 5.41) is 22.5. The van der Waals surface area contributed by atoms with Crippen LogP contribution in [0.25, 0.3) is 23.3 Å². The van der Waals surface area contributed by atoms with E-state index in [0.29, 0.717) is 22.3 Å². The van der Waals surface area contributed by atoms with Crippen LogP contribution in [0.3, 0.4) is 0 Å². The van der Waals surface area contributed by atoms with Gasteiger partial charge in [0.15, 0.2) is 11.6 Å². The van der Waals surface area contributed by atoms with Gasteiger partial charge in [-0.1, -0.05) is 144 Å². The van der Waals surface area contributed by atoms with Gasteiger partial charge in [0.05, 0.1) is 0 Å². The van der Waals surface area contributed by atoms with E-state index in [1.54, 1.807) is 12.2 Å². The normalized spacial score (nSPS) is 13.3. The summed E-state index contributed by atoms with van der Waals surface area (Å²) in [5.41, 5.74) is 5.01. The van der Waals surface area contributed by atoms with E-state index < -0.39 is 33.0 Å². The first-order chi connectivity index (χ1) is 25.9. The molecular weight excluding hydrogens is 719 g/mol. The number of hydrogen-bond donors (Lipinski definition) is 2. The predicted molar refractivity (Wildman–Crippen MR) is 231 cm³/mol. The Bertz CT molecular complexity index is 1910. The molecule has 4 rings (SSSR count). The van der Waals surface area contributed by atoms with Crippen LogP contribution >= 0.6 is 8.25 Å². The standard InChI is InChI=1S/C48H59O7P/c1-45(2,3)37-25-31(26-38(43(37)51)46(4,5)6)23-35(33-19-15-13-16-20-33)41(49)29-54-56(53)55-30-42(50)36(34-21-17-14-18-22-34)24-32-27-39(47(7,8)9)44(52)40(28-32)48(10,11)12/h13-28,51-52,56H,29-30H2,1-12H3/b35-23+,36-24+. The Morgan fingerprint density at radius 3 is 1.04 bits per heavy atom. The van der Waals surface area contributed by atoms with Gasteiger partial charge >= 0.3 is 8.25 Å². The van der Waals surface area contributed by atoms with Gasteiger partial charge in [0.1, 0.15) is 24.7 Å². The zero-order valence-electron chi connectivity index (χ0n) is 35.1. The van der Waals surface area contributed by atoms with Crippen molar-refractivity contribution >= 4 is 43.1 Å². The quantitative estimate of drug-likeness (QED) is 0.0837. The first kappa shape index (κ1) is 44.2. The molecule has 8 heteroatoms. The highest BCUT2D eigenvalue weighted by molar-refractivity contribution is 7.33. The third-order valence-electron chi connectivity index (χ3n) is 9.53. The fourth-order valence-electron chi connectivity index (χ4n) is 6.43. The van der Waals surface area contributed by atoms with E-state index in [1.165, 1.54) is 0 Å². The summed E-state index contributed by atoms with van der Waals surface area (Å²) in [6.45, 7) is 23.2. The molecule has 0 fully saturated rings. The summed E-state index contributed by atoms with van der Waals surface area (Å²) in [5.74, 6) is -0.371. The lowest BCUT2D eigenvalue weighted by molar-refractivity contribution is -0.116. The Balaban J connectivity index is 1.61. The molecule has 7 nitrogen and oxygen atoms in total. The fraction of sp³-hybridized carbons (Fsp3) is 0.375. The minimum Gasteiger partial charge on any atom is -0.507 e. The van der Waals surface area contributed by atoms with Crippen molar-refractivity contribution in [1.29, 1.82) is 0 Å². The van der Waals surface area contributed by atoms with Crippen LogP contribution in [0.15, 0.2) is 84.9 Å². The highest BCUT2D eigenvalue weighted by atomic mass is 31.1. The van der Waals surface area contributed by atoms with Crippen LogP contribution in [0.2, 0.25) is 0 Å². The third kappa shape index (κ3) is 11.3. The smallest absolute Gasteiger partial charge is 0.320 e. The van der Waals surface area contributed by atoms with Gasteiger partial charge < -0.3 is 19.3 Å². The molecule has 4 aromatic rings. The molecule has 2 N–H and O–H groups in total. The Labute approximate surface area is 334 Å².